The van der Waals surface area contributed by atoms with Crippen LogP contribution in [0.5, 0.6) is 0 Å². The topological polar surface area (TPSA) is 75.1 Å². The smallest absolute Gasteiger partial charge is 0.303 e. The molecule has 21 heavy (non-hydrogen) atoms. The van der Waals surface area contributed by atoms with Crippen LogP contribution in [0, 0.1) is 11.3 Å². The summed E-state index contributed by atoms with van der Waals surface area (Å²) in [6.45, 7) is 11.5. The van der Waals surface area contributed by atoms with Crippen molar-refractivity contribution in [2.45, 2.75) is 59.8 Å². The van der Waals surface area contributed by atoms with Gasteiger partial charge in [-0.1, -0.05) is 34.6 Å². The SMILES string of the molecule is CC(C)c1nsc(NCCC(CCC(=O)O)C(C)(C)C)n1. The van der Waals surface area contributed by atoms with E-state index in [1.165, 1.54) is 11.5 Å². The van der Waals surface area contributed by atoms with Gasteiger partial charge in [0.05, 0.1) is 0 Å². The lowest BCUT2D eigenvalue weighted by Gasteiger charge is -2.30. The average molecular weight is 313 g/mol. The lowest BCUT2D eigenvalue weighted by atomic mass is 9.76. The van der Waals surface area contributed by atoms with E-state index in [0.29, 0.717) is 18.3 Å². The molecule has 2 N–H and O–H groups in total. The highest BCUT2D eigenvalue weighted by Crippen LogP contribution is 2.32. The summed E-state index contributed by atoms with van der Waals surface area (Å²) >= 11 is 1.39. The molecule has 0 bridgehead atoms. The van der Waals surface area contributed by atoms with Crippen LogP contribution in [0.2, 0.25) is 0 Å². The van der Waals surface area contributed by atoms with Crippen LogP contribution >= 0.6 is 11.5 Å². The molecule has 1 unspecified atom stereocenters. The minimum atomic E-state index is -0.720. The molecule has 1 aromatic heterocycles. The van der Waals surface area contributed by atoms with Crippen LogP contribution in [0.1, 0.15) is 65.6 Å². The Morgan fingerprint density at radius 2 is 2.00 bits per heavy atom. The summed E-state index contributed by atoms with van der Waals surface area (Å²) < 4.78 is 4.31. The van der Waals surface area contributed by atoms with E-state index in [9.17, 15) is 4.79 Å². The van der Waals surface area contributed by atoms with Crippen molar-refractivity contribution >= 4 is 22.6 Å². The quantitative estimate of drug-likeness (QED) is 0.759. The lowest BCUT2D eigenvalue weighted by Crippen LogP contribution is -2.24. The number of nitrogens with one attached hydrogen (secondary N) is 1. The largest absolute Gasteiger partial charge is 0.481 e. The van der Waals surface area contributed by atoms with E-state index >= 15 is 0 Å². The summed E-state index contributed by atoms with van der Waals surface area (Å²) in [6.07, 6.45) is 1.89. The Hall–Kier alpha value is -1.17. The van der Waals surface area contributed by atoms with Crippen LogP contribution in [-0.2, 0) is 4.79 Å². The minimum Gasteiger partial charge on any atom is -0.481 e. The molecule has 1 rings (SSSR count). The molecule has 0 saturated carbocycles. The van der Waals surface area contributed by atoms with Gasteiger partial charge >= 0.3 is 5.97 Å². The molecule has 5 nitrogen and oxygen atoms in total. The number of carbonyl (C=O) groups is 1. The molecule has 0 aliphatic heterocycles. The molecule has 0 aromatic carbocycles. The molecule has 120 valence electrons. The second-order valence-corrected chi connectivity index (χ2v) is 7.58. The van der Waals surface area contributed by atoms with Gasteiger partial charge in [-0.3, -0.25) is 4.79 Å². The third kappa shape index (κ3) is 6.42. The van der Waals surface area contributed by atoms with Crippen molar-refractivity contribution in [3.8, 4) is 0 Å². The third-order valence-corrected chi connectivity index (χ3v) is 4.35. The van der Waals surface area contributed by atoms with Crippen molar-refractivity contribution in [1.82, 2.24) is 9.36 Å². The zero-order valence-electron chi connectivity index (χ0n) is 13.6. The van der Waals surface area contributed by atoms with E-state index in [-0.39, 0.29) is 11.8 Å². The molecular weight excluding hydrogens is 286 g/mol. The van der Waals surface area contributed by atoms with Crippen molar-refractivity contribution in [2.75, 3.05) is 11.9 Å². The summed E-state index contributed by atoms with van der Waals surface area (Å²) in [5.41, 5.74) is 0.112. The van der Waals surface area contributed by atoms with Crippen molar-refractivity contribution < 1.29 is 9.90 Å². The minimum absolute atomic E-state index is 0.112. The van der Waals surface area contributed by atoms with Crippen LogP contribution < -0.4 is 5.32 Å². The van der Waals surface area contributed by atoms with Gasteiger partial charge in [-0.2, -0.15) is 4.37 Å². The van der Waals surface area contributed by atoms with Crippen molar-refractivity contribution in [2.24, 2.45) is 11.3 Å². The zero-order chi connectivity index (χ0) is 16.0. The molecule has 0 saturated heterocycles. The molecule has 1 aromatic rings. The highest BCUT2D eigenvalue weighted by Gasteiger charge is 2.24. The Labute approximate surface area is 131 Å². The Bertz CT molecular complexity index is 452. The second-order valence-electron chi connectivity index (χ2n) is 6.82. The fourth-order valence-corrected chi connectivity index (χ4v) is 2.94. The maximum Gasteiger partial charge on any atom is 0.303 e. The van der Waals surface area contributed by atoms with Gasteiger partial charge in [0.2, 0.25) is 5.13 Å². The normalized spacial score (nSPS) is 13.4. The number of hydrogen-bond donors (Lipinski definition) is 2. The number of carboxylic acid groups (broad SMARTS) is 1. The van der Waals surface area contributed by atoms with Crippen LogP contribution in [0.3, 0.4) is 0 Å². The molecule has 1 atom stereocenters. The number of anilines is 1. The summed E-state index contributed by atoms with van der Waals surface area (Å²) in [7, 11) is 0. The fourth-order valence-electron chi connectivity index (χ4n) is 2.20. The number of hydrogen-bond acceptors (Lipinski definition) is 5. The molecule has 6 heteroatoms. The van der Waals surface area contributed by atoms with Gasteiger partial charge < -0.3 is 10.4 Å². The summed E-state index contributed by atoms with van der Waals surface area (Å²) in [4.78, 5) is 15.2. The highest BCUT2D eigenvalue weighted by molar-refractivity contribution is 7.09. The first kappa shape index (κ1) is 17.9. The molecule has 0 aliphatic carbocycles. The van der Waals surface area contributed by atoms with E-state index in [1.54, 1.807) is 0 Å². The Morgan fingerprint density at radius 1 is 1.33 bits per heavy atom. The number of carboxylic acids is 1. The molecular formula is C15H27N3O2S. The van der Waals surface area contributed by atoms with Gasteiger partial charge in [0, 0.05) is 30.4 Å². The molecule has 1 heterocycles. The number of aliphatic carboxylic acids is 1. The van der Waals surface area contributed by atoms with E-state index in [1.807, 2.05) is 0 Å². The van der Waals surface area contributed by atoms with E-state index in [4.69, 9.17) is 5.11 Å². The Morgan fingerprint density at radius 3 is 2.48 bits per heavy atom. The molecule has 0 fully saturated rings. The second kappa shape index (κ2) is 7.73. The summed E-state index contributed by atoms with van der Waals surface area (Å²) in [6, 6.07) is 0. The van der Waals surface area contributed by atoms with Crippen molar-refractivity contribution in [1.29, 1.82) is 0 Å². The Balaban J connectivity index is 2.47. The van der Waals surface area contributed by atoms with Crippen LogP contribution in [0.25, 0.3) is 0 Å². The first-order valence-corrected chi connectivity index (χ1v) is 8.26. The predicted octanol–water partition coefficient (Wildman–Crippen LogP) is 3.99. The van der Waals surface area contributed by atoms with Crippen molar-refractivity contribution in [3.05, 3.63) is 5.82 Å². The van der Waals surface area contributed by atoms with E-state index in [0.717, 1.165) is 23.9 Å². The average Bonchev–Trinajstić information content (AvgIpc) is 2.80. The number of rotatable bonds is 8. The molecule has 0 radical (unpaired) electrons. The predicted molar refractivity (Wildman–Crippen MR) is 86.9 cm³/mol. The Kier molecular flexibility index (Phi) is 6.58. The third-order valence-electron chi connectivity index (χ3n) is 3.66. The molecule has 0 spiro atoms. The lowest BCUT2D eigenvalue weighted by molar-refractivity contribution is -0.137. The summed E-state index contributed by atoms with van der Waals surface area (Å²) in [5, 5.41) is 13.0. The van der Waals surface area contributed by atoms with Crippen LogP contribution in [0.15, 0.2) is 0 Å². The van der Waals surface area contributed by atoms with E-state index in [2.05, 4.69) is 49.3 Å². The first-order valence-electron chi connectivity index (χ1n) is 7.49. The monoisotopic (exact) mass is 313 g/mol. The van der Waals surface area contributed by atoms with Crippen LogP contribution in [0.4, 0.5) is 5.13 Å². The highest BCUT2D eigenvalue weighted by atomic mass is 32.1. The number of aromatic nitrogens is 2. The van der Waals surface area contributed by atoms with Gasteiger partial charge in [0.15, 0.2) is 0 Å². The van der Waals surface area contributed by atoms with Crippen molar-refractivity contribution in [3.63, 3.8) is 0 Å². The van der Waals surface area contributed by atoms with Gasteiger partial charge in [0.1, 0.15) is 5.82 Å². The standard InChI is InChI=1S/C15H27N3O2S/c1-10(2)13-17-14(21-18-13)16-9-8-11(15(3,4)5)6-7-12(19)20/h10-11H,6-9H2,1-5H3,(H,19,20)(H,16,17,18). The maximum absolute atomic E-state index is 10.8. The van der Waals surface area contributed by atoms with E-state index < -0.39 is 5.97 Å². The first-order chi connectivity index (χ1) is 9.70. The number of nitrogens with zero attached hydrogens (tertiary/aromatic N) is 2. The summed E-state index contributed by atoms with van der Waals surface area (Å²) in [5.74, 6) is 0.872. The van der Waals surface area contributed by atoms with Gasteiger partial charge in [-0.25, -0.2) is 4.98 Å². The maximum atomic E-state index is 10.8. The van der Waals surface area contributed by atoms with Gasteiger partial charge in [0.25, 0.3) is 0 Å². The molecule has 0 aliphatic rings. The van der Waals surface area contributed by atoms with Gasteiger partial charge in [-0.15, -0.1) is 0 Å². The molecule has 0 amide bonds. The van der Waals surface area contributed by atoms with Crippen LogP contribution in [-0.4, -0.2) is 27.0 Å². The zero-order valence-corrected chi connectivity index (χ0v) is 14.5. The fraction of sp³-hybridized carbons (Fsp3) is 0.800. The van der Waals surface area contributed by atoms with Gasteiger partial charge in [-0.05, 0) is 24.2 Å².